The van der Waals surface area contributed by atoms with E-state index in [0.717, 1.165) is 5.69 Å². The number of amides is 1. The molecular formula is C7H11N3O2. The molecule has 5 heteroatoms. The molecule has 0 fully saturated rings. The Morgan fingerprint density at radius 3 is 3.08 bits per heavy atom. The van der Waals surface area contributed by atoms with Gasteiger partial charge in [0.05, 0.1) is 25.7 Å². The van der Waals surface area contributed by atoms with Gasteiger partial charge >= 0.3 is 6.09 Å². The number of imidazole rings is 1. The summed E-state index contributed by atoms with van der Waals surface area (Å²) >= 11 is 0. The van der Waals surface area contributed by atoms with Crippen LogP contribution < -0.4 is 5.32 Å². The third-order valence-corrected chi connectivity index (χ3v) is 1.36. The van der Waals surface area contributed by atoms with Crippen LogP contribution >= 0.6 is 0 Å². The third kappa shape index (κ3) is 2.26. The molecule has 1 aromatic rings. The first kappa shape index (κ1) is 8.58. The van der Waals surface area contributed by atoms with Gasteiger partial charge in [0.15, 0.2) is 0 Å². The summed E-state index contributed by atoms with van der Waals surface area (Å²) in [5.41, 5.74) is 0.808. The minimum atomic E-state index is -0.444. The van der Waals surface area contributed by atoms with Gasteiger partial charge in [0.1, 0.15) is 0 Å². The highest BCUT2D eigenvalue weighted by atomic mass is 16.5. The van der Waals surface area contributed by atoms with Crippen molar-refractivity contribution in [3.05, 3.63) is 18.2 Å². The minimum Gasteiger partial charge on any atom is -0.453 e. The van der Waals surface area contributed by atoms with Crippen molar-refractivity contribution < 1.29 is 9.53 Å². The first-order valence-electron chi connectivity index (χ1n) is 3.51. The predicted molar refractivity (Wildman–Crippen MR) is 42.5 cm³/mol. The molecule has 0 unspecified atom stereocenters. The van der Waals surface area contributed by atoms with Crippen LogP contribution in [0.1, 0.15) is 5.69 Å². The van der Waals surface area contributed by atoms with Gasteiger partial charge in [-0.1, -0.05) is 0 Å². The smallest absolute Gasteiger partial charge is 0.407 e. The number of hydrogen-bond donors (Lipinski definition) is 1. The minimum absolute atomic E-state index is 0.396. The van der Waals surface area contributed by atoms with Crippen molar-refractivity contribution in [2.45, 2.75) is 6.54 Å². The van der Waals surface area contributed by atoms with Crippen molar-refractivity contribution in [1.82, 2.24) is 14.9 Å². The molecule has 12 heavy (non-hydrogen) atoms. The van der Waals surface area contributed by atoms with Crippen LogP contribution in [0.25, 0.3) is 0 Å². The van der Waals surface area contributed by atoms with E-state index in [1.54, 1.807) is 6.33 Å². The maximum absolute atomic E-state index is 10.6. The van der Waals surface area contributed by atoms with Crippen molar-refractivity contribution in [2.24, 2.45) is 7.05 Å². The topological polar surface area (TPSA) is 56.1 Å². The molecule has 1 aromatic heterocycles. The van der Waals surface area contributed by atoms with E-state index < -0.39 is 6.09 Å². The van der Waals surface area contributed by atoms with Crippen LogP contribution in [0.2, 0.25) is 0 Å². The summed E-state index contributed by atoms with van der Waals surface area (Å²) in [5.74, 6) is 0. The quantitative estimate of drug-likeness (QED) is 0.691. The number of aromatic nitrogens is 2. The Morgan fingerprint density at radius 1 is 1.83 bits per heavy atom. The van der Waals surface area contributed by atoms with E-state index in [9.17, 15) is 4.79 Å². The summed E-state index contributed by atoms with van der Waals surface area (Å²) in [6, 6.07) is 0. The van der Waals surface area contributed by atoms with Gasteiger partial charge in [-0.05, 0) is 0 Å². The number of nitrogens with zero attached hydrogens (tertiary/aromatic N) is 2. The number of hydrogen-bond acceptors (Lipinski definition) is 3. The van der Waals surface area contributed by atoms with Gasteiger partial charge in [0.25, 0.3) is 0 Å². The van der Waals surface area contributed by atoms with E-state index in [1.807, 2.05) is 17.8 Å². The zero-order chi connectivity index (χ0) is 8.97. The summed E-state index contributed by atoms with van der Waals surface area (Å²) in [6.45, 7) is 0.396. The lowest BCUT2D eigenvalue weighted by atomic mass is 10.5. The normalized spacial score (nSPS) is 9.50. The molecule has 1 amide bonds. The monoisotopic (exact) mass is 169 g/mol. The second-order valence-electron chi connectivity index (χ2n) is 2.38. The maximum Gasteiger partial charge on any atom is 0.407 e. The molecule has 1 heterocycles. The number of methoxy groups -OCH3 is 1. The zero-order valence-corrected chi connectivity index (χ0v) is 7.07. The van der Waals surface area contributed by atoms with Crippen LogP contribution in [0.4, 0.5) is 4.79 Å². The third-order valence-electron chi connectivity index (χ3n) is 1.36. The van der Waals surface area contributed by atoms with Gasteiger partial charge in [-0.2, -0.15) is 0 Å². The Morgan fingerprint density at radius 2 is 2.58 bits per heavy atom. The lowest BCUT2D eigenvalue weighted by Crippen LogP contribution is -2.22. The molecule has 0 aliphatic rings. The van der Waals surface area contributed by atoms with E-state index in [2.05, 4.69) is 15.0 Å². The second kappa shape index (κ2) is 3.75. The average Bonchev–Trinajstić information content (AvgIpc) is 2.47. The number of carbonyl (C=O) groups is 1. The summed E-state index contributed by atoms with van der Waals surface area (Å²) in [6.07, 6.45) is 3.06. The molecule has 0 saturated carbocycles. The van der Waals surface area contributed by atoms with Gasteiger partial charge in [0.2, 0.25) is 0 Å². The summed E-state index contributed by atoms with van der Waals surface area (Å²) < 4.78 is 6.21. The molecule has 0 spiro atoms. The Balaban J connectivity index is 2.38. The van der Waals surface area contributed by atoms with Crippen LogP contribution in [0.15, 0.2) is 12.5 Å². The zero-order valence-electron chi connectivity index (χ0n) is 7.07. The highest BCUT2D eigenvalue weighted by Gasteiger charge is 1.99. The van der Waals surface area contributed by atoms with Gasteiger partial charge in [-0.15, -0.1) is 0 Å². The van der Waals surface area contributed by atoms with Crippen LogP contribution in [-0.2, 0) is 18.3 Å². The molecular weight excluding hydrogens is 158 g/mol. The molecule has 5 nitrogen and oxygen atoms in total. The van der Waals surface area contributed by atoms with Crippen LogP contribution in [0, 0.1) is 0 Å². The largest absolute Gasteiger partial charge is 0.453 e. The van der Waals surface area contributed by atoms with Crippen molar-refractivity contribution in [2.75, 3.05) is 7.11 Å². The Bertz CT molecular complexity index is 269. The lowest BCUT2D eigenvalue weighted by Gasteiger charge is -1.99. The highest BCUT2D eigenvalue weighted by Crippen LogP contribution is 1.92. The molecule has 66 valence electrons. The standard InChI is InChI=1S/C7H11N3O2/c1-10-4-6(9-5-10)3-8-7(11)12-2/h4-5H,3H2,1-2H3,(H,8,11). The average molecular weight is 169 g/mol. The first-order valence-corrected chi connectivity index (χ1v) is 3.51. The molecule has 0 aromatic carbocycles. The van der Waals surface area contributed by atoms with Gasteiger partial charge < -0.3 is 14.6 Å². The number of carbonyl (C=O) groups excluding carboxylic acids is 1. The van der Waals surface area contributed by atoms with Gasteiger partial charge in [0, 0.05) is 13.2 Å². The predicted octanol–water partition coefficient (Wildman–Crippen LogP) is 0.276. The SMILES string of the molecule is COC(=O)NCc1cn(C)cn1. The fourth-order valence-corrected chi connectivity index (χ4v) is 0.793. The molecule has 0 aliphatic heterocycles. The molecule has 0 saturated heterocycles. The fourth-order valence-electron chi connectivity index (χ4n) is 0.793. The maximum atomic E-state index is 10.6. The summed E-state index contributed by atoms with van der Waals surface area (Å²) in [5, 5.41) is 2.52. The van der Waals surface area contributed by atoms with Crippen molar-refractivity contribution in [1.29, 1.82) is 0 Å². The number of aryl methyl sites for hydroxylation is 1. The van der Waals surface area contributed by atoms with Crippen molar-refractivity contribution in [3.8, 4) is 0 Å². The van der Waals surface area contributed by atoms with Gasteiger partial charge in [-0.3, -0.25) is 0 Å². The van der Waals surface area contributed by atoms with Gasteiger partial charge in [-0.25, -0.2) is 9.78 Å². The number of ether oxygens (including phenoxy) is 1. The lowest BCUT2D eigenvalue weighted by molar-refractivity contribution is 0.170. The number of nitrogens with one attached hydrogen (secondary N) is 1. The Labute approximate surface area is 70.4 Å². The molecule has 0 radical (unpaired) electrons. The fraction of sp³-hybridized carbons (Fsp3) is 0.429. The summed E-state index contributed by atoms with van der Waals surface area (Å²) in [7, 11) is 3.20. The molecule has 0 atom stereocenters. The Kier molecular flexibility index (Phi) is 2.68. The number of rotatable bonds is 2. The second-order valence-corrected chi connectivity index (χ2v) is 2.38. The Hall–Kier alpha value is -1.52. The van der Waals surface area contributed by atoms with E-state index in [4.69, 9.17) is 0 Å². The molecule has 0 aliphatic carbocycles. The summed E-state index contributed by atoms with van der Waals surface area (Å²) in [4.78, 5) is 14.6. The highest BCUT2D eigenvalue weighted by molar-refractivity contribution is 5.66. The molecule has 1 rings (SSSR count). The van der Waals surface area contributed by atoms with Crippen LogP contribution in [0.5, 0.6) is 0 Å². The van der Waals surface area contributed by atoms with Crippen molar-refractivity contribution >= 4 is 6.09 Å². The molecule has 1 N–H and O–H groups in total. The van der Waals surface area contributed by atoms with E-state index in [-0.39, 0.29) is 0 Å². The van der Waals surface area contributed by atoms with E-state index in [0.29, 0.717) is 6.54 Å². The van der Waals surface area contributed by atoms with E-state index >= 15 is 0 Å². The van der Waals surface area contributed by atoms with Crippen LogP contribution in [-0.4, -0.2) is 22.8 Å². The van der Waals surface area contributed by atoms with E-state index in [1.165, 1.54) is 7.11 Å². The first-order chi connectivity index (χ1) is 5.72. The molecule has 0 bridgehead atoms. The van der Waals surface area contributed by atoms with Crippen molar-refractivity contribution in [3.63, 3.8) is 0 Å². The number of alkyl carbamates (subject to hydrolysis) is 1. The van der Waals surface area contributed by atoms with Crippen LogP contribution in [0.3, 0.4) is 0 Å².